The zero-order chi connectivity index (χ0) is 21.8. The molecular formula is C24H27N3O3S. The lowest BCUT2D eigenvalue weighted by molar-refractivity contribution is -0.0176. The van der Waals surface area contributed by atoms with Crippen LogP contribution in [0.1, 0.15) is 25.5 Å². The molecule has 7 heteroatoms. The number of morpholine rings is 1. The fraction of sp³-hybridized carbons (Fsp3) is 0.292. The van der Waals surface area contributed by atoms with Gasteiger partial charge in [-0.1, -0.05) is 48.5 Å². The first kappa shape index (κ1) is 21.3. The minimum atomic E-state index is -3.69. The molecule has 0 N–H and O–H groups in total. The fourth-order valence-electron chi connectivity index (χ4n) is 3.92. The van der Waals surface area contributed by atoms with Gasteiger partial charge in [0.1, 0.15) is 16.8 Å². The van der Waals surface area contributed by atoms with Crippen LogP contribution in [-0.4, -0.2) is 39.1 Å². The maximum atomic E-state index is 13.2. The zero-order valence-electron chi connectivity index (χ0n) is 17.8. The number of aromatic nitrogens is 1. The third kappa shape index (κ3) is 4.57. The second kappa shape index (κ2) is 9.08. The summed E-state index contributed by atoms with van der Waals surface area (Å²) in [7, 11) is -3.69. The molecule has 0 bridgehead atoms. The molecule has 0 amide bonds. The molecule has 0 spiro atoms. The highest BCUT2D eigenvalue weighted by molar-refractivity contribution is 7.92. The van der Waals surface area contributed by atoms with Gasteiger partial charge >= 0.3 is 0 Å². The zero-order valence-corrected chi connectivity index (χ0v) is 18.6. The van der Waals surface area contributed by atoms with Crippen molar-refractivity contribution in [1.29, 1.82) is 0 Å². The second-order valence-corrected chi connectivity index (χ2v) is 9.47. The number of pyridine rings is 1. The minimum Gasteiger partial charge on any atom is -0.367 e. The first-order valence-corrected chi connectivity index (χ1v) is 11.9. The standard InChI is InChI=1S/C24H27N3O3S/c1-3-27(21-12-8-5-9-13-21)31(28,29)22-14-15-24(25-16-22)26-17-19(2)30-23(18-26)20-10-6-4-7-11-20/h4-16,19,23H,3,17-18H2,1-2H3. The van der Waals surface area contributed by atoms with Crippen molar-refractivity contribution >= 4 is 21.5 Å². The van der Waals surface area contributed by atoms with Crippen LogP contribution >= 0.6 is 0 Å². The van der Waals surface area contributed by atoms with Crippen LogP contribution in [0.4, 0.5) is 11.5 Å². The van der Waals surface area contributed by atoms with Gasteiger partial charge in [-0.3, -0.25) is 4.31 Å². The molecule has 0 aliphatic carbocycles. The van der Waals surface area contributed by atoms with Crippen molar-refractivity contribution < 1.29 is 13.2 Å². The van der Waals surface area contributed by atoms with E-state index in [0.717, 1.165) is 11.4 Å². The summed E-state index contributed by atoms with van der Waals surface area (Å²) in [4.78, 5) is 6.84. The van der Waals surface area contributed by atoms with E-state index in [1.54, 1.807) is 24.3 Å². The van der Waals surface area contributed by atoms with Gasteiger partial charge in [-0.15, -0.1) is 0 Å². The van der Waals surface area contributed by atoms with Gasteiger partial charge in [0, 0.05) is 25.8 Å². The van der Waals surface area contributed by atoms with Gasteiger partial charge in [0.25, 0.3) is 10.0 Å². The van der Waals surface area contributed by atoms with Gasteiger partial charge in [0.2, 0.25) is 0 Å². The molecule has 6 nitrogen and oxygen atoms in total. The summed E-state index contributed by atoms with van der Waals surface area (Å²) in [5.41, 5.74) is 1.77. The molecule has 1 aliphatic heterocycles. The van der Waals surface area contributed by atoms with Gasteiger partial charge in [-0.25, -0.2) is 13.4 Å². The van der Waals surface area contributed by atoms with Crippen molar-refractivity contribution in [2.45, 2.75) is 31.0 Å². The average molecular weight is 438 g/mol. The smallest absolute Gasteiger partial charge is 0.265 e. The number of benzene rings is 2. The summed E-state index contributed by atoms with van der Waals surface area (Å²) in [5, 5.41) is 0. The van der Waals surface area contributed by atoms with Gasteiger partial charge in [0.15, 0.2) is 0 Å². The van der Waals surface area contributed by atoms with Crippen LogP contribution < -0.4 is 9.21 Å². The monoisotopic (exact) mass is 437 g/mol. The molecule has 162 valence electrons. The Hall–Kier alpha value is -2.90. The Morgan fingerprint density at radius 3 is 2.29 bits per heavy atom. The lowest BCUT2D eigenvalue weighted by Crippen LogP contribution is -2.43. The van der Waals surface area contributed by atoms with Crippen LogP contribution in [-0.2, 0) is 14.8 Å². The van der Waals surface area contributed by atoms with Crippen LogP contribution in [0.5, 0.6) is 0 Å². The Bertz CT molecular complexity index is 1090. The summed E-state index contributed by atoms with van der Waals surface area (Å²) in [5.74, 6) is 0.748. The second-order valence-electron chi connectivity index (χ2n) is 7.61. The van der Waals surface area contributed by atoms with Crippen molar-refractivity contribution in [3.05, 3.63) is 84.6 Å². The lowest BCUT2D eigenvalue weighted by atomic mass is 10.1. The number of anilines is 2. The van der Waals surface area contributed by atoms with E-state index in [9.17, 15) is 8.42 Å². The highest BCUT2D eigenvalue weighted by Gasteiger charge is 2.28. The molecule has 4 rings (SSSR count). The third-order valence-electron chi connectivity index (χ3n) is 5.40. The Kier molecular flexibility index (Phi) is 6.25. The molecule has 3 aromatic rings. The number of hydrogen-bond donors (Lipinski definition) is 0. The number of sulfonamides is 1. The van der Waals surface area contributed by atoms with Crippen LogP contribution in [0.15, 0.2) is 83.9 Å². The van der Waals surface area contributed by atoms with Crippen LogP contribution in [0.25, 0.3) is 0 Å². The molecule has 0 radical (unpaired) electrons. The SMILES string of the molecule is CCN(c1ccccc1)S(=O)(=O)c1ccc(N2CC(C)OC(c3ccccc3)C2)nc1. The Labute approximate surface area is 184 Å². The van der Waals surface area contributed by atoms with Crippen LogP contribution in [0.3, 0.4) is 0 Å². The molecule has 2 heterocycles. The van der Waals surface area contributed by atoms with Crippen LogP contribution in [0.2, 0.25) is 0 Å². The van der Waals surface area contributed by atoms with Crippen molar-refractivity contribution in [3.63, 3.8) is 0 Å². The molecule has 31 heavy (non-hydrogen) atoms. The van der Waals surface area contributed by atoms with E-state index in [1.165, 1.54) is 10.5 Å². The predicted molar refractivity (Wildman–Crippen MR) is 123 cm³/mol. The summed E-state index contributed by atoms with van der Waals surface area (Å²) in [6.45, 7) is 5.57. The van der Waals surface area contributed by atoms with Crippen LogP contribution in [0, 0.1) is 0 Å². The van der Waals surface area contributed by atoms with Gasteiger partial charge in [-0.2, -0.15) is 0 Å². The molecule has 1 aromatic heterocycles. The Morgan fingerprint density at radius 2 is 1.68 bits per heavy atom. The molecule has 2 aromatic carbocycles. The van der Waals surface area contributed by atoms with E-state index in [1.807, 2.05) is 50.2 Å². The molecule has 2 atom stereocenters. The van der Waals surface area contributed by atoms with Crippen molar-refractivity contribution in [3.8, 4) is 0 Å². The first-order valence-electron chi connectivity index (χ1n) is 10.5. The van der Waals surface area contributed by atoms with Gasteiger partial charge in [0.05, 0.1) is 11.8 Å². The maximum Gasteiger partial charge on any atom is 0.265 e. The summed E-state index contributed by atoms with van der Waals surface area (Å²) < 4.78 is 33.9. The number of rotatable bonds is 6. The Balaban J connectivity index is 1.56. The van der Waals surface area contributed by atoms with E-state index in [2.05, 4.69) is 22.0 Å². The predicted octanol–water partition coefficient (Wildman–Crippen LogP) is 4.26. The molecule has 0 saturated carbocycles. The summed E-state index contributed by atoms with van der Waals surface area (Å²) >= 11 is 0. The molecule has 1 fully saturated rings. The largest absolute Gasteiger partial charge is 0.367 e. The number of nitrogens with zero attached hydrogens (tertiary/aromatic N) is 3. The first-order chi connectivity index (χ1) is 15.0. The normalized spacial score (nSPS) is 19.2. The highest BCUT2D eigenvalue weighted by Crippen LogP contribution is 2.29. The number of hydrogen-bond acceptors (Lipinski definition) is 5. The lowest BCUT2D eigenvalue weighted by Gasteiger charge is -2.37. The van der Waals surface area contributed by atoms with E-state index in [-0.39, 0.29) is 17.1 Å². The fourth-order valence-corrected chi connectivity index (χ4v) is 5.33. The maximum absolute atomic E-state index is 13.2. The van der Waals surface area contributed by atoms with Gasteiger partial charge < -0.3 is 9.64 Å². The third-order valence-corrected chi connectivity index (χ3v) is 7.28. The van der Waals surface area contributed by atoms with E-state index in [4.69, 9.17) is 4.74 Å². The molecule has 1 aliphatic rings. The number of para-hydroxylation sites is 1. The average Bonchev–Trinajstić information content (AvgIpc) is 2.80. The van der Waals surface area contributed by atoms with E-state index in [0.29, 0.717) is 25.3 Å². The van der Waals surface area contributed by atoms with Crippen molar-refractivity contribution in [2.24, 2.45) is 0 Å². The van der Waals surface area contributed by atoms with Gasteiger partial charge in [-0.05, 0) is 43.7 Å². The quantitative estimate of drug-likeness (QED) is 0.577. The van der Waals surface area contributed by atoms with Crippen molar-refractivity contribution in [1.82, 2.24) is 4.98 Å². The molecule has 2 unspecified atom stereocenters. The summed E-state index contributed by atoms with van der Waals surface area (Å²) in [6, 6.07) is 22.7. The molecular weight excluding hydrogens is 410 g/mol. The van der Waals surface area contributed by atoms with Crippen molar-refractivity contribution in [2.75, 3.05) is 28.8 Å². The Morgan fingerprint density at radius 1 is 1.00 bits per heavy atom. The summed E-state index contributed by atoms with van der Waals surface area (Å²) in [6.07, 6.45) is 1.44. The highest BCUT2D eigenvalue weighted by atomic mass is 32.2. The van der Waals surface area contributed by atoms with E-state index < -0.39 is 10.0 Å². The molecule has 1 saturated heterocycles. The minimum absolute atomic E-state index is 0.0397. The topological polar surface area (TPSA) is 62.7 Å². The van der Waals surface area contributed by atoms with E-state index >= 15 is 0 Å². The number of ether oxygens (including phenoxy) is 1.